The van der Waals surface area contributed by atoms with Gasteiger partial charge >= 0.3 is 5.97 Å². The van der Waals surface area contributed by atoms with Gasteiger partial charge in [0.25, 0.3) is 0 Å². The Morgan fingerprint density at radius 2 is 2.54 bits per heavy atom. The maximum Gasteiger partial charge on any atom is 0.348 e. The minimum atomic E-state index is -0.346. The molecule has 1 rings (SSSR count). The summed E-state index contributed by atoms with van der Waals surface area (Å²) in [6, 6.07) is 3.56. The highest BCUT2D eigenvalue weighted by Crippen LogP contribution is 2.16. The number of carbonyl (C=O) groups is 1. The Balaban J connectivity index is 2.82. The van der Waals surface area contributed by atoms with Crippen LogP contribution in [0.4, 0.5) is 0 Å². The zero-order valence-corrected chi connectivity index (χ0v) is 7.80. The second-order valence-electron chi connectivity index (χ2n) is 2.20. The number of allylic oxidation sites excluding steroid dienone is 1. The van der Waals surface area contributed by atoms with Gasteiger partial charge in [0.2, 0.25) is 0 Å². The largest absolute Gasteiger partial charge is 0.465 e. The maximum absolute atomic E-state index is 11.0. The van der Waals surface area contributed by atoms with Gasteiger partial charge in [-0.15, -0.1) is 11.3 Å². The Morgan fingerprint density at radius 1 is 1.77 bits per heavy atom. The number of esters is 1. The van der Waals surface area contributed by atoms with E-state index in [4.69, 9.17) is 5.26 Å². The monoisotopic (exact) mass is 193 g/mol. The Kier molecular flexibility index (Phi) is 3.23. The van der Waals surface area contributed by atoms with E-state index in [9.17, 15) is 4.79 Å². The molecule has 1 aromatic rings. The molecule has 0 unspecified atom stereocenters. The number of carbonyl (C=O) groups excluding carboxylic acids is 1. The number of nitrogens with zero attached hydrogens (tertiary/aromatic N) is 1. The third kappa shape index (κ3) is 2.42. The molecular formula is C9H7NO2S. The maximum atomic E-state index is 11.0. The normalized spacial score (nSPS) is 9.85. The van der Waals surface area contributed by atoms with E-state index >= 15 is 0 Å². The van der Waals surface area contributed by atoms with Crippen LogP contribution in [-0.4, -0.2) is 13.1 Å². The number of methoxy groups -OCH3 is 1. The summed E-state index contributed by atoms with van der Waals surface area (Å²) in [7, 11) is 1.34. The van der Waals surface area contributed by atoms with E-state index in [1.807, 2.05) is 6.07 Å². The fourth-order valence-electron chi connectivity index (χ4n) is 0.779. The fraction of sp³-hybridized carbons (Fsp3) is 0.111. The highest BCUT2D eigenvalue weighted by molar-refractivity contribution is 7.12. The van der Waals surface area contributed by atoms with Gasteiger partial charge in [0.15, 0.2) is 0 Å². The fourth-order valence-corrected chi connectivity index (χ4v) is 1.57. The molecule has 3 nitrogen and oxygen atoms in total. The summed E-state index contributed by atoms with van der Waals surface area (Å²) in [4.78, 5) is 11.5. The summed E-state index contributed by atoms with van der Waals surface area (Å²) in [5.74, 6) is -0.346. The van der Waals surface area contributed by atoms with Crippen LogP contribution in [0.15, 0.2) is 17.5 Å². The lowest BCUT2D eigenvalue weighted by atomic mass is 10.3. The van der Waals surface area contributed by atoms with Crippen LogP contribution in [0.2, 0.25) is 0 Å². The van der Waals surface area contributed by atoms with Gasteiger partial charge in [0.1, 0.15) is 4.88 Å². The van der Waals surface area contributed by atoms with Gasteiger partial charge in [0, 0.05) is 6.08 Å². The van der Waals surface area contributed by atoms with Crippen molar-refractivity contribution in [2.24, 2.45) is 0 Å². The lowest BCUT2D eigenvalue weighted by molar-refractivity contribution is 0.0606. The lowest BCUT2D eigenvalue weighted by Crippen LogP contribution is -1.96. The van der Waals surface area contributed by atoms with Crippen LogP contribution < -0.4 is 0 Å². The van der Waals surface area contributed by atoms with Crippen molar-refractivity contribution in [2.45, 2.75) is 0 Å². The number of ether oxygens (including phenoxy) is 1. The van der Waals surface area contributed by atoms with Crippen LogP contribution in [0.3, 0.4) is 0 Å². The molecule has 0 aliphatic rings. The molecule has 0 fully saturated rings. The highest BCUT2D eigenvalue weighted by atomic mass is 32.1. The number of rotatable bonds is 2. The minimum Gasteiger partial charge on any atom is -0.465 e. The van der Waals surface area contributed by atoms with Crippen LogP contribution in [0.1, 0.15) is 15.2 Å². The molecule has 4 heteroatoms. The second-order valence-corrected chi connectivity index (χ2v) is 3.11. The van der Waals surface area contributed by atoms with E-state index < -0.39 is 0 Å². The average molecular weight is 193 g/mol. The van der Waals surface area contributed by atoms with Crippen molar-refractivity contribution in [3.63, 3.8) is 0 Å². The molecule has 0 atom stereocenters. The molecule has 1 heterocycles. The average Bonchev–Trinajstić information content (AvgIpc) is 2.62. The first-order valence-corrected chi connectivity index (χ1v) is 4.39. The summed E-state index contributed by atoms with van der Waals surface area (Å²) in [6.45, 7) is 0. The van der Waals surface area contributed by atoms with E-state index in [0.717, 1.165) is 5.56 Å². The van der Waals surface area contributed by atoms with Crippen LogP contribution in [0.25, 0.3) is 6.08 Å². The van der Waals surface area contributed by atoms with E-state index in [1.165, 1.54) is 24.5 Å². The molecule has 0 N–H and O–H groups in total. The topological polar surface area (TPSA) is 50.1 Å². The minimum absolute atomic E-state index is 0.346. The standard InChI is InChI=1S/C9H7NO2S/c1-12-9(11)8-5-7(6-13-8)3-2-4-10/h2-3,5-6H,1H3. The third-order valence-corrected chi connectivity index (χ3v) is 2.29. The molecule has 0 aromatic carbocycles. The highest BCUT2D eigenvalue weighted by Gasteiger charge is 2.06. The van der Waals surface area contributed by atoms with Crippen molar-refractivity contribution in [1.29, 1.82) is 5.26 Å². The van der Waals surface area contributed by atoms with Gasteiger partial charge in [-0.3, -0.25) is 0 Å². The number of hydrogen-bond donors (Lipinski definition) is 0. The van der Waals surface area contributed by atoms with Crippen LogP contribution >= 0.6 is 11.3 Å². The molecule has 66 valence electrons. The smallest absolute Gasteiger partial charge is 0.348 e. The molecule has 0 aliphatic carbocycles. The van der Waals surface area contributed by atoms with Crippen molar-refractivity contribution in [1.82, 2.24) is 0 Å². The SMILES string of the molecule is COC(=O)c1cc(C=CC#N)cs1. The Bertz CT molecular complexity index is 373. The second kappa shape index (κ2) is 4.43. The summed E-state index contributed by atoms with van der Waals surface area (Å²) >= 11 is 1.30. The van der Waals surface area contributed by atoms with Crippen LogP contribution in [0.5, 0.6) is 0 Å². The number of thiophene rings is 1. The van der Waals surface area contributed by atoms with E-state index in [-0.39, 0.29) is 5.97 Å². The van der Waals surface area contributed by atoms with Gasteiger partial charge in [0.05, 0.1) is 13.2 Å². The molecular weight excluding hydrogens is 186 g/mol. The first-order valence-electron chi connectivity index (χ1n) is 3.51. The Hall–Kier alpha value is -1.60. The zero-order chi connectivity index (χ0) is 9.68. The van der Waals surface area contributed by atoms with Crippen molar-refractivity contribution < 1.29 is 9.53 Å². The number of nitriles is 1. The number of hydrogen-bond acceptors (Lipinski definition) is 4. The molecule has 1 aromatic heterocycles. The van der Waals surface area contributed by atoms with Crippen LogP contribution in [-0.2, 0) is 4.74 Å². The lowest BCUT2D eigenvalue weighted by Gasteiger charge is -1.90. The molecule has 0 spiro atoms. The van der Waals surface area contributed by atoms with Crippen molar-refractivity contribution in [2.75, 3.05) is 7.11 Å². The van der Waals surface area contributed by atoms with Crippen LogP contribution in [0, 0.1) is 11.3 Å². The summed E-state index contributed by atoms with van der Waals surface area (Å²) in [5, 5.41) is 10.1. The van der Waals surface area contributed by atoms with Gasteiger partial charge in [-0.05, 0) is 23.1 Å². The van der Waals surface area contributed by atoms with E-state index in [1.54, 1.807) is 17.5 Å². The third-order valence-electron chi connectivity index (χ3n) is 1.36. The zero-order valence-electron chi connectivity index (χ0n) is 6.98. The summed E-state index contributed by atoms with van der Waals surface area (Å²) in [5.41, 5.74) is 0.840. The first kappa shape index (κ1) is 9.49. The summed E-state index contributed by atoms with van der Waals surface area (Å²) in [6.07, 6.45) is 3.01. The predicted octanol–water partition coefficient (Wildman–Crippen LogP) is 2.07. The van der Waals surface area contributed by atoms with E-state index in [2.05, 4.69) is 4.74 Å². The molecule has 0 saturated heterocycles. The summed E-state index contributed by atoms with van der Waals surface area (Å²) < 4.78 is 4.54. The van der Waals surface area contributed by atoms with Gasteiger partial charge in [-0.2, -0.15) is 5.26 Å². The Morgan fingerprint density at radius 3 is 3.15 bits per heavy atom. The predicted molar refractivity (Wildman–Crippen MR) is 50.3 cm³/mol. The molecule has 0 amide bonds. The quantitative estimate of drug-likeness (QED) is 0.533. The Labute approximate surface area is 79.9 Å². The van der Waals surface area contributed by atoms with Crippen molar-refractivity contribution in [3.8, 4) is 6.07 Å². The molecule has 0 bridgehead atoms. The van der Waals surface area contributed by atoms with Gasteiger partial charge in [-0.25, -0.2) is 4.79 Å². The molecule has 0 saturated carbocycles. The van der Waals surface area contributed by atoms with Crippen molar-refractivity contribution in [3.05, 3.63) is 28.0 Å². The molecule has 0 aliphatic heterocycles. The van der Waals surface area contributed by atoms with E-state index in [0.29, 0.717) is 4.88 Å². The molecule has 0 radical (unpaired) electrons. The van der Waals surface area contributed by atoms with Gasteiger partial charge < -0.3 is 4.74 Å². The van der Waals surface area contributed by atoms with Crippen molar-refractivity contribution >= 4 is 23.4 Å². The van der Waals surface area contributed by atoms with Gasteiger partial charge in [-0.1, -0.05) is 0 Å². The molecule has 13 heavy (non-hydrogen) atoms. The first-order chi connectivity index (χ1) is 6.27.